The lowest BCUT2D eigenvalue weighted by Gasteiger charge is -2.28. The second-order valence-electron chi connectivity index (χ2n) is 10.5. The zero-order chi connectivity index (χ0) is 29.9. The molecule has 1 aromatic rings. The molecule has 0 unspecified atom stereocenters. The van der Waals surface area contributed by atoms with Crippen LogP contribution in [0.5, 0.6) is 0 Å². The Morgan fingerprint density at radius 2 is 1.49 bits per heavy atom. The molecule has 216 valence electrons. The van der Waals surface area contributed by atoms with Crippen LogP contribution in [0.25, 0.3) is 0 Å². The molecule has 4 atom stereocenters. The van der Waals surface area contributed by atoms with Gasteiger partial charge >= 0.3 is 12.1 Å². The highest BCUT2D eigenvalue weighted by Gasteiger charge is 2.33. The van der Waals surface area contributed by atoms with Crippen molar-refractivity contribution in [3.63, 3.8) is 0 Å². The number of carbonyl (C=O) groups is 6. The summed E-state index contributed by atoms with van der Waals surface area (Å²) in [7, 11) is 0. The molecule has 0 aromatic heterocycles. The zero-order valence-electron chi connectivity index (χ0n) is 22.9. The highest BCUT2D eigenvalue weighted by atomic mass is 16.6. The number of ketones is 1. The lowest BCUT2D eigenvalue weighted by molar-refractivity contribution is -0.140. The van der Waals surface area contributed by atoms with E-state index in [0.29, 0.717) is 5.56 Å². The van der Waals surface area contributed by atoms with Gasteiger partial charge in [-0.1, -0.05) is 44.2 Å². The summed E-state index contributed by atoms with van der Waals surface area (Å²) in [4.78, 5) is 74.1. The van der Waals surface area contributed by atoms with Crippen LogP contribution in [0.4, 0.5) is 4.79 Å². The van der Waals surface area contributed by atoms with Crippen LogP contribution in [0, 0.1) is 5.92 Å². The summed E-state index contributed by atoms with van der Waals surface area (Å²) in [6, 6.07) is 3.53. The predicted octanol–water partition coefficient (Wildman–Crippen LogP) is -0.00550. The molecule has 0 bridgehead atoms. The van der Waals surface area contributed by atoms with Gasteiger partial charge in [0.15, 0.2) is 5.78 Å². The molecule has 1 rings (SSSR count). The highest BCUT2D eigenvalue weighted by Crippen LogP contribution is 2.11. The van der Waals surface area contributed by atoms with Crippen LogP contribution in [0.1, 0.15) is 53.0 Å². The van der Waals surface area contributed by atoms with Gasteiger partial charge in [0, 0.05) is 6.42 Å². The van der Waals surface area contributed by atoms with Crippen molar-refractivity contribution in [2.45, 2.75) is 83.6 Å². The third-order valence-corrected chi connectivity index (χ3v) is 5.39. The maximum Gasteiger partial charge on any atom is 0.408 e. The molecule has 8 N–H and O–H groups in total. The van der Waals surface area contributed by atoms with E-state index in [0.717, 1.165) is 0 Å². The van der Waals surface area contributed by atoms with Crippen molar-refractivity contribution < 1.29 is 38.6 Å². The minimum absolute atomic E-state index is 0.0566. The third-order valence-electron chi connectivity index (χ3n) is 5.39. The van der Waals surface area contributed by atoms with Crippen molar-refractivity contribution in [3.8, 4) is 0 Å². The van der Waals surface area contributed by atoms with Gasteiger partial charge < -0.3 is 37.3 Å². The van der Waals surface area contributed by atoms with Gasteiger partial charge in [-0.3, -0.25) is 24.0 Å². The maximum atomic E-state index is 13.3. The Kier molecular flexibility index (Phi) is 12.5. The average Bonchev–Trinajstić information content (AvgIpc) is 2.80. The molecule has 0 saturated carbocycles. The third kappa shape index (κ3) is 12.4. The molecular weight excluding hydrogens is 510 g/mol. The van der Waals surface area contributed by atoms with Crippen LogP contribution in [0.15, 0.2) is 30.3 Å². The fraction of sp³-hybridized carbons (Fsp3) is 0.538. The summed E-state index contributed by atoms with van der Waals surface area (Å²) < 4.78 is 5.13. The van der Waals surface area contributed by atoms with Crippen molar-refractivity contribution >= 4 is 35.6 Å². The molecule has 0 aliphatic rings. The second-order valence-corrected chi connectivity index (χ2v) is 10.5. The first-order valence-electron chi connectivity index (χ1n) is 12.4. The van der Waals surface area contributed by atoms with E-state index in [1.165, 1.54) is 0 Å². The fourth-order valence-corrected chi connectivity index (χ4v) is 3.45. The lowest BCUT2D eigenvalue weighted by atomic mass is 9.96. The maximum absolute atomic E-state index is 13.3. The van der Waals surface area contributed by atoms with Crippen molar-refractivity contribution in [1.82, 2.24) is 16.0 Å². The number of carboxylic acid groups (broad SMARTS) is 1. The number of hydrogen-bond donors (Lipinski definition) is 6. The van der Waals surface area contributed by atoms with E-state index in [1.807, 2.05) is 0 Å². The van der Waals surface area contributed by atoms with Crippen molar-refractivity contribution in [2.24, 2.45) is 17.4 Å². The topological polar surface area (TPSA) is 220 Å². The number of hydrogen-bond acceptors (Lipinski definition) is 8. The van der Waals surface area contributed by atoms with Crippen LogP contribution in [0.2, 0.25) is 0 Å². The van der Waals surface area contributed by atoms with Crippen molar-refractivity contribution in [1.29, 1.82) is 0 Å². The number of rotatable bonds is 14. The van der Waals surface area contributed by atoms with Crippen LogP contribution in [-0.4, -0.2) is 70.4 Å². The molecule has 1 aromatic carbocycles. The second kappa shape index (κ2) is 14.8. The summed E-state index contributed by atoms with van der Waals surface area (Å²) in [6.45, 7) is 8.13. The van der Waals surface area contributed by atoms with Gasteiger partial charge in [0.2, 0.25) is 17.7 Å². The number of aliphatic carboxylic acids is 1. The van der Waals surface area contributed by atoms with E-state index in [4.69, 9.17) is 21.3 Å². The van der Waals surface area contributed by atoms with E-state index in [1.54, 1.807) is 65.0 Å². The molecule has 0 aliphatic carbocycles. The minimum atomic E-state index is -1.46. The molecule has 4 amide bonds. The van der Waals surface area contributed by atoms with E-state index >= 15 is 0 Å². The smallest absolute Gasteiger partial charge is 0.408 e. The first kappa shape index (κ1) is 33.0. The summed E-state index contributed by atoms with van der Waals surface area (Å²) in [5.41, 5.74) is 10.6. The minimum Gasteiger partial charge on any atom is -0.480 e. The summed E-state index contributed by atoms with van der Waals surface area (Å²) >= 11 is 0. The lowest BCUT2D eigenvalue weighted by Crippen LogP contribution is -2.58. The predicted molar refractivity (Wildman–Crippen MR) is 141 cm³/mol. The Hall–Kier alpha value is -4.00. The molecule has 0 saturated heterocycles. The van der Waals surface area contributed by atoms with Crippen molar-refractivity contribution in [2.75, 3.05) is 0 Å². The first-order valence-corrected chi connectivity index (χ1v) is 12.4. The normalized spacial score (nSPS) is 14.3. The largest absolute Gasteiger partial charge is 0.480 e. The molecule has 0 radical (unpaired) electrons. The van der Waals surface area contributed by atoms with Gasteiger partial charge in [-0.15, -0.1) is 0 Å². The van der Waals surface area contributed by atoms with Crippen molar-refractivity contribution in [3.05, 3.63) is 35.9 Å². The number of Topliss-reactive ketones (excluding diaryl/α,β-unsaturated/α-hetero) is 1. The van der Waals surface area contributed by atoms with E-state index in [-0.39, 0.29) is 6.42 Å². The molecular formula is C26H39N5O8. The Morgan fingerprint density at radius 1 is 0.897 bits per heavy atom. The molecule has 0 aliphatic heterocycles. The van der Waals surface area contributed by atoms with Gasteiger partial charge in [0.05, 0.1) is 12.5 Å². The van der Waals surface area contributed by atoms with Crippen LogP contribution >= 0.6 is 0 Å². The van der Waals surface area contributed by atoms with E-state index in [2.05, 4.69) is 16.0 Å². The SMILES string of the molecule is CC(C)[C@H](NC(=O)[C@H](CC(N)=O)NC(=O)OC(C)(C)C)C(=O)N[C@@H](Cc1ccccc1)C(=O)C[C@H](N)C(=O)O. The van der Waals surface area contributed by atoms with Gasteiger partial charge in [0.1, 0.15) is 23.7 Å². The number of nitrogens with two attached hydrogens (primary N) is 2. The summed E-state index contributed by atoms with van der Waals surface area (Å²) in [5.74, 6) is -4.93. The van der Waals surface area contributed by atoms with E-state index in [9.17, 15) is 28.8 Å². The standard InChI is InChI=1S/C26H39N5O8/c1-14(2)21(31-22(34)18(13-20(28)33)30-25(38)39-26(3,4)5)23(35)29-17(11-15-9-7-6-8-10-15)19(32)12-16(27)24(36)37/h6-10,14,16-18,21H,11-13,27H2,1-5H3,(H2,28,33)(H,29,35)(H,30,38)(H,31,34)(H,36,37)/t16-,17-,18-,21-/m0/s1. The van der Waals surface area contributed by atoms with Gasteiger partial charge in [-0.2, -0.15) is 0 Å². The molecule has 13 nitrogen and oxygen atoms in total. The number of carboxylic acids is 1. The molecule has 39 heavy (non-hydrogen) atoms. The summed E-state index contributed by atoms with van der Waals surface area (Å²) in [5, 5.41) is 16.5. The Morgan fingerprint density at radius 3 is 1.97 bits per heavy atom. The number of nitrogens with one attached hydrogen (secondary N) is 3. The van der Waals surface area contributed by atoms with E-state index < -0.39 is 84.1 Å². The molecule has 0 spiro atoms. The Balaban J connectivity index is 3.12. The molecule has 13 heteroatoms. The average molecular weight is 550 g/mol. The van der Waals surface area contributed by atoms with Crippen LogP contribution in [-0.2, 0) is 35.1 Å². The van der Waals surface area contributed by atoms with Gasteiger partial charge in [-0.05, 0) is 38.7 Å². The quantitative estimate of drug-likeness (QED) is 0.183. The zero-order valence-corrected chi connectivity index (χ0v) is 22.9. The fourth-order valence-electron chi connectivity index (χ4n) is 3.45. The summed E-state index contributed by atoms with van der Waals surface area (Å²) in [6.07, 6.45) is -1.98. The van der Waals surface area contributed by atoms with Crippen LogP contribution in [0.3, 0.4) is 0 Å². The monoisotopic (exact) mass is 549 g/mol. The van der Waals surface area contributed by atoms with Gasteiger partial charge in [0.25, 0.3) is 0 Å². The number of benzene rings is 1. The Bertz CT molecular complexity index is 1040. The molecule has 0 heterocycles. The number of carbonyl (C=O) groups excluding carboxylic acids is 5. The number of ether oxygens (including phenoxy) is 1. The molecule has 0 fully saturated rings. The highest BCUT2D eigenvalue weighted by molar-refractivity contribution is 5.96. The number of amides is 4. The number of alkyl carbamates (subject to hydrolysis) is 1. The Labute approximate surface area is 227 Å². The number of primary amides is 1. The van der Waals surface area contributed by atoms with Crippen LogP contribution < -0.4 is 27.4 Å². The first-order chi connectivity index (χ1) is 18.0. The van der Waals surface area contributed by atoms with Gasteiger partial charge in [-0.25, -0.2) is 4.79 Å².